The number of carbonyl (C=O) groups is 2. The minimum absolute atomic E-state index is 0.0213. The van der Waals surface area contributed by atoms with E-state index < -0.39 is 12.0 Å². The fourth-order valence-corrected chi connectivity index (χ4v) is 3.25. The van der Waals surface area contributed by atoms with E-state index in [-0.39, 0.29) is 11.9 Å². The average Bonchev–Trinajstić information content (AvgIpc) is 2.83. The molecule has 1 amide bonds. The molecule has 2 heterocycles. The van der Waals surface area contributed by atoms with Crippen LogP contribution in [0.3, 0.4) is 0 Å². The first-order chi connectivity index (χ1) is 9.04. The molecule has 0 aliphatic carbocycles. The number of hydrogen-bond acceptors (Lipinski definition) is 3. The first-order valence-electron chi connectivity index (χ1n) is 7.31. The van der Waals surface area contributed by atoms with Gasteiger partial charge in [0.2, 0.25) is 5.91 Å². The van der Waals surface area contributed by atoms with Gasteiger partial charge in [0.05, 0.1) is 6.04 Å². The number of aliphatic carboxylic acids is 1. The highest BCUT2D eigenvalue weighted by Crippen LogP contribution is 2.28. The molecule has 2 aliphatic heterocycles. The van der Waals surface area contributed by atoms with E-state index in [0.717, 1.165) is 25.8 Å². The molecule has 2 N–H and O–H groups in total. The SMILES string of the molecule is CCC1CCN(C(=O)C2NCCC2C)C(C(=O)O)C1. The van der Waals surface area contributed by atoms with Crippen LogP contribution < -0.4 is 5.32 Å². The highest BCUT2D eigenvalue weighted by Gasteiger charge is 2.40. The van der Waals surface area contributed by atoms with Crippen molar-refractivity contribution in [2.45, 2.75) is 51.6 Å². The molecule has 0 bridgehead atoms. The van der Waals surface area contributed by atoms with Crippen LogP contribution in [-0.4, -0.2) is 47.1 Å². The molecule has 19 heavy (non-hydrogen) atoms. The fourth-order valence-electron chi connectivity index (χ4n) is 3.25. The number of hydrogen-bond donors (Lipinski definition) is 2. The zero-order valence-electron chi connectivity index (χ0n) is 11.8. The molecule has 0 spiro atoms. The smallest absolute Gasteiger partial charge is 0.326 e. The molecular weight excluding hydrogens is 244 g/mol. The van der Waals surface area contributed by atoms with Crippen LogP contribution >= 0.6 is 0 Å². The van der Waals surface area contributed by atoms with Gasteiger partial charge in [-0.25, -0.2) is 4.79 Å². The van der Waals surface area contributed by atoms with E-state index in [4.69, 9.17) is 0 Å². The summed E-state index contributed by atoms with van der Waals surface area (Å²) in [4.78, 5) is 25.5. The Kier molecular flexibility index (Phi) is 4.45. The third kappa shape index (κ3) is 2.91. The molecule has 4 atom stereocenters. The van der Waals surface area contributed by atoms with E-state index in [1.165, 1.54) is 0 Å². The van der Waals surface area contributed by atoms with Crippen LogP contribution in [0.1, 0.15) is 39.5 Å². The molecule has 0 aromatic heterocycles. The minimum Gasteiger partial charge on any atom is -0.480 e. The van der Waals surface area contributed by atoms with Gasteiger partial charge in [-0.1, -0.05) is 20.3 Å². The lowest BCUT2D eigenvalue weighted by molar-refractivity contribution is -0.154. The van der Waals surface area contributed by atoms with Gasteiger partial charge in [-0.3, -0.25) is 4.79 Å². The van der Waals surface area contributed by atoms with E-state index in [2.05, 4.69) is 19.2 Å². The molecule has 0 aromatic carbocycles. The molecule has 2 fully saturated rings. The fraction of sp³-hybridized carbons (Fsp3) is 0.857. The minimum atomic E-state index is -0.864. The first kappa shape index (κ1) is 14.3. The van der Waals surface area contributed by atoms with Crippen molar-refractivity contribution < 1.29 is 14.7 Å². The largest absolute Gasteiger partial charge is 0.480 e. The lowest BCUT2D eigenvalue weighted by atomic mass is 9.88. The van der Waals surface area contributed by atoms with Crippen LogP contribution in [0.5, 0.6) is 0 Å². The third-order valence-corrected chi connectivity index (χ3v) is 4.66. The van der Waals surface area contributed by atoms with Gasteiger partial charge in [0.15, 0.2) is 0 Å². The number of piperidine rings is 1. The molecule has 2 aliphatic rings. The maximum Gasteiger partial charge on any atom is 0.326 e. The van der Waals surface area contributed by atoms with Gasteiger partial charge in [-0.2, -0.15) is 0 Å². The second kappa shape index (κ2) is 5.90. The van der Waals surface area contributed by atoms with E-state index in [9.17, 15) is 14.7 Å². The summed E-state index contributed by atoms with van der Waals surface area (Å²) in [5.74, 6) is -0.158. The van der Waals surface area contributed by atoms with Crippen LogP contribution in [0.2, 0.25) is 0 Å². The monoisotopic (exact) mass is 268 g/mol. The second-order valence-corrected chi connectivity index (χ2v) is 5.88. The number of carboxylic acid groups (broad SMARTS) is 1. The predicted molar refractivity (Wildman–Crippen MR) is 71.7 cm³/mol. The van der Waals surface area contributed by atoms with Gasteiger partial charge in [0.25, 0.3) is 0 Å². The Morgan fingerprint density at radius 3 is 2.63 bits per heavy atom. The maximum absolute atomic E-state index is 12.5. The first-order valence-corrected chi connectivity index (χ1v) is 7.31. The van der Waals surface area contributed by atoms with Crippen LogP contribution in [0.4, 0.5) is 0 Å². The lowest BCUT2D eigenvalue weighted by Gasteiger charge is -2.38. The van der Waals surface area contributed by atoms with Crippen molar-refractivity contribution in [1.29, 1.82) is 0 Å². The van der Waals surface area contributed by atoms with Crippen molar-refractivity contribution in [2.24, 2.45) is 11.8 Å². The topological polar surface area (TPSA) is 69.6 Å². The Hall–Kier alpha value is -1.10. The molecular formula is C14H24N2O3. The van der Waals surface area contributed by atoms with Gasteiger partial charge in [-0.15, -0.1) is 0 Å². The predicted octanol–water partition coefficient (Wildman–Crippen LogP) is 1.09. The van der Waals surface area contributed by atoms with Crippen LogP contribution in [-0.2, 0) is 9.59 Å². The summed E-state index contributed by atoms with van der Waals surface area (Å²) in [7, 11) is 0. The number of carbonyl (C=O) groups excluding carboxylic acids is 1. The van der Waals surface area contributed by atoms with Crippen LogP contribution in [0.15, 0.2) is 0 Å². The normalized spacial score (nSPS) is 35.4. The van der Waals surface area contributed by atoms with Gasteiger partial charge < -0.3 is 15.3 Å². The summed E-state index contributed by atoms with van der Waals surface area (Å²) >= 11 is 0. The van der Waals surface area contributed by atoms with E-state index >= 15 is 0 Å². The van der Waals surface area contributed by atoms with Crippen molar-refractivity contribution in [3.63, 3.8) is 0 Å². The van der Waals surface area contributed by atoms with Gasteiger partial charge in [0.1, 0.15) is 6.04 Å². The lowest BCUT2D eigenvalue weighted by Crippen LogP contribution is -2.55. The standard InChI is InChI=1S/C14H24N2O3/c1-3-10-5-7-16(11(8-10)14(18)19)13(17)12-9(2)4-6-15-12/h9-12,15H,3-8H2,1-2H3,(H,18,19). The summed E-state index contributed by atoms with van der Waals surface area (Å²) in [6.45, 7) is 5.57. The Bertz CT molecular complexity index is 359. The van der Waals surface area contributed by atoms with Crippen molar-refractivity contribution in [3.05, 3.63) is 0 Å². The average molecular weight is 268 g/mol. The summed E-state index contributed by atoms with van der Waals surface area (Å²) in [5, 5.41) is 12.6. The summed E-state index contributed by atoms with van der Waals surface area (Å²) in [6.07, 6.45) is 3.50. The van der Waals surface area contributed by atoms with E-state index in [1.54, 1.807) is 4.90 Å². The summed E-state index contributed by atoms with van der Waals surface area (Å²) in [6, 6.07) is -0.833. The number of nitrogens with zero attached hydrogens (tertiary/aromatic N) is 1. The Morgan fingerprint density at radius 1 is 1.37 bits per heavy atom. The van der Waals surface area contributed by atoms with Crippen LogP contribution in [0.25, 0.3) is 0 Å². The zero-order valence-corrected chi connectivity index (χ0v) is 11.8. The number of rotatable bonds is 3. The van der Waals surface area contributed by atoms with Crippen molar-refractivity contribution in [1.82, 2.24) is 10.2 Å². The molecule has 0 aromatic rings. The number of amides is 1. The molecule has 4 unspecified atom stereocenters. The summed E-state index contributed by atoms with van der Waals surface area (Å²) < 4.78 is 0. The molecule has 0 radical (unpaired) electrons. The molecule has 5 heteroatoms. The second-order valence-electron chi connectivity index (χ2n) is 5.88. The van der Waals surface area contributed by atoms with Crippen LogP contribution in [0, 0.1) is 11.8 Å². The van der Waals surface area contributed by atoms with E-state index in [1.807, 2.05) is 0 Å². The highest BCUT2D eigenvalue weighted by atomic mass is 16.4. The molecule has 5 nitrogen and oxygen atoms in total. The number of likely N-dealkylation sites (tertiary alicyclic amines) is 1. The number of carboxylic acids is 1. The third-order valence-electron chi connectivity index (χ3n) is 4.66. The van der Waals surface area contributed by atoms with Gasteiger partial charge >= 0.3 is 5.97 Å². The van der Waals surface area contributed by atoms with Crippen molar-refractivity contribution >= 4 is 11.9 Å². The Labute approximate surface area is 114 Å². The number of nitrogens with one attached hydrogen (secondary N) is 1. The Morgan fingerprint density at radius 2 is 2.11 bits per heavy atom. The van der Waals surface area contributed by atoms with E-state index in [0.29, 0.717) is 24.8 Å². The molecule has 0 saturated carbocycles. The molecule has 2 rings (SSSR count). The van der Waals surface area contributed by atoms with Gasteiger partial charge in [-0.05, 0) is 37.6 Å². The molecule has 108 valence electrons. The van der Waals surface area contributed by atoms with Crippen molar-refractivity contribution in [2.75, 3.05) is 13.1 Å². The quantitative estimate of drug-likeness (QED) is 0.804. The van der Waals surface area contributed by atoms with Crippen molar-refractivity contribution in [3.8, 4) is 0 Å². The maximum atomic E-state index is 12.5. The Balaban J connectivity index is 2.08. The molecule has 2 saturated heterocycles. The van der Waals surface area contributed by atoms with Gasteiger partial charge in [0, 0.05) is 6.54 Å². The highest BCUT2D eigenvalue weighted by molar-refractivity contribution is 5.87. The zero-order chi connectivity index (χ0) is 14.0. The summed E-state index contributed by atoms with van der Waals surface area (Å²) in [5.41, 5.74) is 0.